The summed E-state index contributed by atoms with van der Waals surface area (Å²) in [6.07, 6.45) is 4.76. The van der Waals surface area contributed by atoms with Gasteiger partial charge in [-0.2, -0.15) is 0 Å². The second kappa shape index (κ2) is 7.73. The minimum atomic E-state index is -0.195. The van der Waals surface area contributed by atoms with Gasteiger partial charge in [0.15, 0.2) is 0 Å². The molecule has 1 aliphatic carbocycles. The summed E-state index contributed by atoms with van der Waals surface area (Å²) < 4.78 is 5.62. The maximum atomic E-state index is 12.1. The number of ether oxygens (including phenoxy) is 1. The van der Waals surface area contributed by atoms with Gasteiger partial charge < -0.3 is 9.84 Å². The van der Waals surface area contributed by atoms with Gasteiger partial charge in [-0.15, -0.1) is 0 Å². The maximum Gasteiger partial charge on any atom is 0.339 e. The number of cyclic esters (lactones) is 1. The molecular weight excluding hydrogens is 338 g/mol. The Bertz CT molecular complexity index is 832. The van der Waals surface area contributed by atoms with Gasteiger partial charge in [-0.3, -0.25) is 4.90 Å². The van der Waals surface area contributed by atoms with Gasteiger partial charge in [-0.05, 0) is 55.5 Å². The van der Waals surface area contributed by atoms with E-state index in [4.69, 9.17) is 4.74 Å². The second-order valence-corrected chi connectivity index (χ2v) is 7.62. The molecule has 4 rings (SSSR count). The standard InChI is InChI=1S/C23H27NO3/c1-2-13-24(17-10-11-18-16(15-17)6-5-9-21(18)25)14-12-22-19-7-3-4-8-20(19)23(26)27-22/h3-9,17,22,25H,2,10-15H2,1H3. The number of benzene rings is 2. The average molecular weight is 365 g/mol. The number of rotatable bonds is 6. The van der Waals surface area contributed by atoms with Crippen LogP contribution in [0.25, 0.3) is 0 Å². The van der Waals surface area contributed by atoms with Gasteiger partial charge in [0.05, 0.1) is 5.56 Å². The molecule has 2 aromatic rings. The van der Waals surface area contributed by atoms with Crippen LogP contribution in [0.2, 0.25) is 0 Å². The van der Waals surface area contributed by atoms with Crippen LogP contribution in [-0.4, -0.2) is 35.1 Å². The molecule has 0 radical (unpaired) electrons. The lowest BCUT2D eigenvalue weighted by atomic mass is 9.86. The predicted octanol–water partition coefficient (Wildman–Crippen LogP) is 4.26. The molecule has 1 N–H and O–H groups in total. The SMILES string of the molecule is CCCN(CCC1OC(=O)c2ccccc21)C1CCc2c(O)cccc2C1. The summed E-state index contributed by atoms with van der Waals surface area (Å²) in [7, 11) is 0. The van der Waals surface area contributed by atoms with Crippen LogP contribution in [0.4, 0.5) is 0 Å². The minimum Gasteiger partial charge on any atom is -0.508 e. The quantitative estimate of drug-likeness (QED) is 0.777. The van der Waals surface area contributed by atoms with Crippen molar-refractivity contribution in [3.8, 4) is 5.75 Å². The number of carbonyl (C=O) groups excluding carboxylic acids is 1. The molecule has 1 heterocycles. The Morgan fingerprint density at radius 3 is 2.85 bits per heavy atom. The van der Waals surface area contributed by atoms with E-state index >= 15 is 0 Å². The number of nitrogens with zero attached hydrogens (tertiary/aromatic N) is 1. The highest BCUT2D eigenvalue weighted by molar-refractivity contribution is 5.93. The lowest BCUT2D eigenvalue weighted by Gasteiger charge is -2.35. The lowest BCUT2D eigenvalue weighted by molar-refractivity contribution is 0.0328. The van der Waals surface area contributed by atoms with Gasteiger partial charge in [-0.25, -0.2) is 4.79 Å². The van der Waals surface area contributed by atoms with Crippen LogP contribution in [0.15, 0.2) is 42.5 Å². The summed E-state index contributed by atoms with van der Waals surface area (Å²) >= 11 is 0. The van der Waals surface area contributed by atoms with Crippen LogP contribution in [0.1, 0.15) is 59.3 Å². The Kier molecular flexibility index (Phi) is 5.17. The smallest absolute Gasteiger partial charge is 0.339 e. The van der Waals surface area contributed by atoms with E-state index < -0.39 is 0 Å². The van der Waals surface area contributed by atoms with Gasteiger partial charge in [0.25, 0.3) is 0 Å². The number of phenolic OH excluding ortho intramolecular Hbond substituents is 1. The third kappa shape index (κ3) is 3.59. The summed E-state index contributed by atoms with van der Waals surface area (Å²) in [5, 5.41) is 10.1. The second-order valence-electron chi connectivity index (χ2n) is 7.62. The molecular formula is C23H27NO3. The molecule has 0 amide bonds. The van der Waals surface area contributed by atoms with Crippen LogP contribution in [-0.2, 0) is 17.6 Å². The van der Waals surface area contributed by atoms with Crippen molar-refractivity contribution in [1.29, 1.82) is 0 Å². The van der Waals surface area contributed by atoms with E-state index in [0.29, 0.717) is 17.4 Å². The van der Waals surface area contributed by atoms with Crippen molar-refractivity contribution in [2.45, 2.75) is 51.2 Å². The summed E-state index contributed by atoms with van der Waals surface area (Å²) in [4.78, 5) is 14.6. The van der Waals surface area contributed by atoms with Gasteiger partial charge in [-0.1, -0.05) is 37.3 Å². The van der Waals surface area contributed by atoms with Crippen molar-refractivity contribution in [2.24, 2.45) is 0 Å². The first-order valence-corrected chi connectivity index (χ1v) is 10.0. The summed E-state index contributed by atoms with van der Waals surface area (Å²) in [5.41, 5.74) is 4.12. The number of carbonyl (C=O) groups is 1. The van der Waals surface area contributed by atoms with Crippen LogP contribution in [0, 0.1) is 0 Å². The molecule has 0 aromatic heterocycles. The molecule has 4 nitrogen and oxygen atoms in total. The largest absolute Gasteiger partial charge is 0.508 e. The Morgan fingerprint density at radius 1 is 1.15 bits per heavy atom. The summed E-state index contributed by atoms with van der Waals surface area (Å²) in [6.45, 7) is 4.17. The lowest BCUT2D eigenvalue weighted by Crippen LogP contribution is -2.40. The Hall–Kier alpha value is -2.33. The number of aromatic hydroxyl groups is 1. The summed E-state index contributed by atoms with van der Waals surface area (Å²) in [6, 6.07) is 14.1. The first kappa shape index (κ1) is 18.1. The molecule has 142 valence electrons. The first-order chi connectivity index (χ1) is 13.2. The Morgan fingerprint density at radius 2 is 2.00 bits per heavy atom. The fourth-order valence-corrected chi connectivity index (χ4v) is 4.56. The zero-order valence-electron chi connectivity index (χ0n) is 15.9. The average Bonchev–Trinajstić information content (AvgIpc) is 3.01. The third-order valence-corrected chi connectivity index (χ3v) is 5.91. The van der Waals surface area contributed by atoms with Gasteiger partial charge in [0.2, 0.25) is 0 Å². The van der Waals surface area contributed by atoms with E-state index in [0.717, 1.165) is 56.3 Å². The third-order valence-electron chi connectivity index (χ3n) is 5.91. The molecule has 2 unspecified atom stereocenters. The van der Waals surface area contributed by atoms with Crippen molar-refractivity contribution in [3.05, 3.63) is 64.7 Å². The molecule has 0 spiro atoms. The highest BCUT2D eigenvalue weighted by Gasteiger charge is 2.32. The fourth-order valence-electron chi connectivity index (χ4n) is 4.56. The topological polar surface area (TPSA) is 49.8 Å². The molecule has 2 aliphatic rings. The number of hydrogen-bond donors (Lipinski definition) is 1. The highest BCUT2D eigenvalue weighted by atomic mass is 16.5. The van der Waals surface area contributed by atoms with Crippen LogP contribution in [0.3, 0.4) is 0 Å². The van der Waals surface area contributed by atoms with E-state index in [-0.39, 0.29) is 12.1 Å². The fraction of sp³-hybridized carbons (Fsp3) is 0.435. The predicted molar refractivity (Wildman–Crippen MR) is 105 cm³/mol. The molecule has 2 atom stereocenters. The molecule has 2 aromatic carbocycles. The van der Waals surface area contributed by atoms with Gasteiger partial charge in [0, 0.05) is 24.6 Å². The van der Waals surface area contributed by atoms with Crippen molar-refractivity contribution >= 4 is 5.97 Å². The molecule has 4 heteroatoms. The van der Waals surface area contributed by atoms with Gasteiger partial charge in [0.1, 0.15) is 11.9 Å². The van der Waals surface area contributed by atoms with Crippen molar-refractivity contribution in [2.75, 3.05) is 13.1 Å². The van der Waals surface area contributed by atoms with E-state index in [2.05, 4.69) is 17.9 Å². The van der Waals surface area contributed by atoms with Crippen LogP contribution < -0.4 is 0 Å². The molecule has 0 saturated heterocycles. The minimum absolute atomic E-state index is 0.132. The zero-order valence-corrected chi connectivity index (χ0v) is 15.9. The number of esters is 1. The Labute approximate surface area is 160 Å². The Balaban J connectivity index is 1.44. The molecule has 0 bridgehead atoms. The van der Waals surface area contributed by atoms with E-state index in [1.807, 2.05) is 30.3 Å². The van der Waals surface area contributed by atoms with Crippen molar-refractivity contribution in [3.63, 3.8) is 0 Å². The maximum absolute atomic E-state index is 12.1. The molecule has 1 aliphatic heterocycles. The molecule has 0 fully saturated rings. The van der Waals surface area contributed by atoms with Crippen molar-refractivity contribution < 1.29 is 14.6 Å². The monoisotopic (exact) mass is 365 g/mol. The zero-order chi connectivity index (χ0) is 18.8. The summed E-state index contributed by atoms with van der Waals surface area (Å²) in [5.74, 6) is 0.238. The van der Waals surface area contributed by atoms with Crippen molar-refractivity contribution in [1.82, 2.24) is 4.90 Å². The van der Waals surface area contributed by atoms with E-state index in [1.165, 1.54) is 5.56 Å². The normalized spacial score (nSPS) is 21.0. The number of phenols is 1. The van der Waals surface area contributed by atoms with Crippen LogP contribution >= 0.6 is 0 Å². The molecule has 0 saturated carbocycles. The van der Waals surface area contributed by atoms with Gasteiger partial charge >= 0.3 is 5.97 Å². The number of fused-ring (bicyclic) bond motifs is 2. The highest BCUT2D eigenvalue weighted by Crippen LogP contribution is 2.34. The van der Waals surface area contributed by atoms with E-state index in [1.54, 1.807) is 6.07 Å². The first-order valence-electron chi connectivity index (χ1n) is 10.0. The van der Waals surface area contributed by atoms with E-state index in [9.17, 15) is 9.90 Å². The number of hydrogen-bond acceptors (Lipinski definition) is 4. The molecule has 27 heavy (non-hydrogen) atoms. The van der Waals surface area contributed by atoms with Crippen LogP contribution in [0.5, 0.6) is 5.75 Å².